The van der Waals surface area contributed by atoms with Crippen molar-refractivity contribution in [2.24, 2.45) is 0 Å². The number of ether oxygens (including phenoxy) is 2. The van der Waals surface area contributed by atoms with Gasteiger partial charge in [-0.05, 0) is 42.8 Å². The number of thiazole rings is 1. The maximum Gasteiger partial charge on any atom is 0.260 e. The Labute approximate surface area is 209 Å². The van der Waals surface area contributed by atoms with Crippen LogP contribution in [0.3, 0.4) is 0 Å². The zero-order valence-corrected chi connectivity index (χ0v) is 21.8. The molecule has 182 valence electrons. The SMILES string of the molecule is COCC1CN(CC(=O)Nc2cnc(C)c(NC(=O)c3cnn4cc(Br)sc34)c2)CC(C)(C)O1. The molecule has 1 saturated heterocycles. The van der Waals surface area contributed by atoms with Crippen molar-refractivity contribution in [1.29, 1.82) is 0 Å². The normalized spacial score (nSPS) is 18.2. The minimum Gasteiger partial charge on any atom is -0.382 e. The largest absolute Gasteiger partial charge is 0.382 e. The maximum absolute atomic E-state index is 12.9. The fourth-order valence-electron chi connectivity index (χ4n) is 4.05. The van der Waals surface area contributed by atoms with Gasteiger partial charge in [0, 0.05) is 20.2 Å². The van der Waals surface area contributed by atoms with E-state index in [1.807, 2.05) is 13.8 Å². The number of aryl methyl sites for hydroxylation is 1. The Morgan fingerprint density at radius 3 is 2.91 bits per heavy atom. The summed E-state index contributed by atoms with van der Waals surface area (Å²) >= 11 is 4.83. The lowest BCUT2D eigenvalue weighted by Crippen LogP contribution is -2.55. The summed E-state index contributed by atoms with van der Waals surface area (Å²) in [5, 5.41) is 9.98. The van der Waals surface area contributed by atoms with Crippen LogP contribution < -0.4 is 10.6 Å². The smallest absolute Gasteiger partial charge is 0.260 e. The molecule has 1 atom stereocenters. The summed E-state index contributed by atoms with van der Waals surface area (Å²) in [4.78, 5) is 32.8. The van der Waals surface area contributed by atoms with Gasteiger partial charge in [0.25, 0.3) is 5.91 Å². The van der Waals surface area contributed by atoms with Crippen molar-refractivity contribution < 1.29 is 19.1 Å². The van der Waals surface area contributed by atoms with Crippen LogP contribution in [-0.2, 0) is 14.3 Å². The number of amides is 2. The van der Waals surface area contributed by atoms with Gasteiger partial charge in [0.15, 0.2) is 0 Å². The number of hydrogen-bond acceptors (Lipinski definition) is 8. The third-order valence-electron chi connectivity index (χ3n) is 5.30. The molecule has 1 fully saturated rings. The van der Waals surface area contributed by atoms with Gasteiger partial charge in [0.1, 0.15) is 4.83 Å². The zero-order chi connectivity index (χ0) is 24.5. The second-order valence-corrected chi connectivity index (χ2v) is 11.2. The van der Waals surface area contributed by atoms with E-state index in [9.17, 15) is 9.59 Å². The Balaban J connectivity index is 1.41. The second-order valence-electron chi connectivity index (χ2n) is 8.83. The van der Waals surface area contributed by atoms with Gasteiger partial charge in [0.05, 0.1) is 69.9 Å². The molecule has 2 N–H and O–H groups in total. The summed E-state index contributed by atoms with van der Waals surface area (Å²) in [5.41, 5.74) is 1.75. The first kappa shape index (κ1) is 24.7. The topological polar surface area (TPSA) is 110 Å². The number of anilines is 2. The molecule has 34 heavy (non-hydrogen) atoms. The van der Waals surface area contributed by atoms with Crippen LogP contribution in [0, 0.1) is 6.92 Å². The standard InChI is InChI=1S/C22H27BrN6O4S/c1-13-17(27-20(31)16-7-25-29-9-18(23)34-21(16)29)5-14(6-24-13)26-19(30)10-28-8-15(11-32-4)33-22(2,3)12-28/h5-7,9,15H,8,10-12H2,1-4H3,(H,26,30)(H,27,31). The average molecular weight is 551 g/mol. The van der Waals surface area contributed by atoms with Gasteiger partial charge in [-0.1, -0.05) is 0 Å². The molecule has 1 aliphatic rings. The minimum atomic E-state index is -0.373. The van der Waals surface area contributed by atoms with Crippen molar-refractivity contribution in [3.05, 3.63) is 39.7 Å². The Morgan fingerprint density at radius 2 is 2.15 bits per heavy atom. The molecule has 12 heteroatoms. The van der Waals surface area contributed by atoms with Gasteiger partial charge in [0.2, 0.25) is 5.91 Å². The molecular weight excluding hydrogens is 524 g/mol. The quantitative estimate of drug-likeness (QED) is 0.464. The van der Waals surface area contributed by atoms with Crippen LogP contribution >= 0.6 is 27.3 Å². The number of carbonyl (C=O) groups is 2. The molecule has 4 heterocycles. The van der Waals surface area contributed by atoms with Crippen molar-refractivity contribution in [3.8, 4) is 0 Å². The molecule has 0 aromatic carbocycles. The highest BCUT2D eigenvalue weighted by Crippen LogP contribution is 2.27. The van der Waals surface area contributed by atoms with Gasteiger partial charge in [-0.25, -0.2) is 4.52 Å². The molecule has 0 saturated carbocycles. The summed E-state index contributed by atoms with van der Waals surface area (Å²) in [7, 11) is 1.64. The molecule has 0 radical (unpaired) electrons. The van der Waals surface area contributed by atoms with Crippen LogP contribution in [0.2, 0.25) is 0 Å². The summed E-state index contributed by atoms with van der Waals surface area (Å²) in [6.07, 6.45) is 4.81. The molecule has 1 unspecified atom stereocenters. The molecule has 2 amide bonds. The van der Waals surface area contributed by atoms with Crippen LogP contribution in [-0.4, -0.2) is 76.4 Å². The molecule has 0 spiro atoms. The van der Waals surface area contributed by atoms with Gasteiger partial charge in [-0.3, -0.25) is 19.5 Å². The monoisotopic (exact) mass is 550 g/mol. The number of rotatable bonds is 7. The number of nitrogens with zero attached hydrogens (tertiary/aromatic N) is 4. The number of methoxy groups -OCH3 is 1. The summed E-state index contributed by atoms with van der Waals surface area (Å²) in [6, 6.07) is 1.71. The van der Waals surface area contributed by atoms with E-state index in [1.54, 1.807) is 37.0 Å². The highest BCUT2D eigenvalue weighted by molar-refractivity contribution is 9.11. The second kappa shape index (κ2) is 10.1. The van der Waals surface area contributed by atoms with Gasteiger partial charge in [-0.15, -0.1) is 11.3 Å². The maximum atomic E-state index is 12.9. The highest BCUT2D eigenvalue weighted by Gasteiger charge is 2.34. The van der Waals surface area contributed by atoms with Crippen LogP contribution in [0.4, 0.5) is 11.4 Å². The van der Waals surface area contributed by atoms with Crippen LogP contribution in [0.25, 0.3) is 4.83 Å². The van der Waals surface area contributed by atoms with Gasteiger partial charge >= 0.3 is 0 Å². The average Bonchev–Trinajstić information content (AvgIpc) is 3.28. The predicted molar refractivity (Wildman–Crippen MR) is 134 cm³/mol. The van der Waals surface area contributed by atoms with Gasteiger partial charge in [-0.2, -0.15) is 5.10 Å². The Bertz CT molecular complexity index is 1210. The molecule has 0 bridgehead atoms. The van der Waals surface area contributed by atoms with E-state index in [0.29, 0.717) is 42.3 Å². The van der Waals surface area contributed by atoms with Gasteiger partial charge < -0.3 is 20.1 Å². The molecule has 3 aromatic rings. The fraction of sp³-hybridized carbons (Fsp3) is 0.455. The van der Waals surface area contributed by atoms with E-state index in [0.717, 1.165) is 8.62 Å². The molecule has 3 aromatic heterocycles. The zero-order valence-electron chi connectivity index (χ0n) is 19.4. The number of aromatic nitrogens is 3. The van der Waals surface area contributed by atoms with E-state index >= 15 is 0 Å². The molecular formula is C22H27BrN6O4S. The number of halogens is 1. The van der Waals surface area contributed by atoms with Crippen LogP contribution in [0.5, 0.6) is 0 Å². The minimum absolute atomic E-state index is 0.0938. The van der Waals surface area contributed by atoms with E-state index in [4.69, 9.17) is 9.47 Å². The fourth-order valence-corrected chi connectivity index (χ4v) is 5.49. The number of morpholine rings is 1. The Kier molecular flexibility index (Phi) is 7.33. The number of fused-ring (bicyclic) bond motifs is 1. The highest BCUT2D eigenvalue weighted by atomic mass is 79.9. The van der Waals surface area contributed by atoms with E-state index < -0.39 is 0 Å². The Morgan fingerprint density at radius 1 is 1.35 bits per heavy atom. The lowest BCUT2D eigenvalue weighted by Gasteiger charge is -2.42. The molecule has 0 aliphatic carbocycles. The van der Waals surface area contributed by atoms with Crippen LogP contribution in [0.15, 0.2) is 28.4 Å². The first-order valence-corrected chi connectivity index (χ1v) is 12.3. The van der Waals surface area contributed by atoms with E-state index in [-0.39, 0.29) is 30.1 Å². The predicted octanol–water partition coefficient (Wildman–Crippen LogP) is 3.18. The van der Waals surface area contributed by atoms with Crippen molar-refractivity contribution in [2.75, 3.05) is 44.0 Å². The number of nitrogens with one attached hydrogen (secondary N) is 2. The van der Waals surface area contributed by atoms with Crippen LogP contribution in [0.1, 0.15) is 29.9 Å². The molecule has 10 nitrogen and oxygen atoms in total. The number of carbonyl (C=O) groups excluding carboxylic acids is 2. The van der Waals surface area contributed by atoms with Crippen molar-refractivity contribution >= 4 is 55.3 Å². The molecule has 4 rings (SSSR count). The van der Waals surface area contributed by atoms with Crippen molar-refractivity contribution in [3.63, 3.8) is 0 Å². The summed E-state index contributed by atoms with van der Waals surface area (Å²) in [5.74, 6) is -0.462. The summed E-state index contributed by atoms with van der Waals surface area (Å²) < 4.78 is 13.8. The third kappa shape index (κ3) is 5.81. The number of pyridine rings is 1. The first-order valence-electron chi connectivity index (χ1n) is 10.7. The lowest BCUT2D eigenvalue weighted by molar-refractivity contribution is -0.154. The van der Waals surface area contributed by atoms with Crippen molar-refractivity contribution in [1.82, 2.24) is 19.5 Å². The third-order valence-corrected chi connectivity index (χ3v) is 6.89. The molecule has 1 aliphatic heterocycles. The van der Waals surface area contributed by atoms with E-state index in [2.05, 4.69) is 41.5 Å². The lowest BCUT2D eigenvalue weighted by atomic mass is 10.1. The number of hydrogen-bond donors (Lipinski definition) is 2. The summed E-state index contributed by atoms with van der Waals surface area (Å²) in [6.45, 7) is 7.72. The van der Waals surface area contributed by atoms with Crippen molar-refractivity contribution in [2.45, 2.75) is 32.5 Å². The first-order chi connectivity index (χ1) is 16.1. The Hall–Kier alpha value is -2.38. The van der Waals surface area contributed by atoms with E-state index in [1.165, 1.54) is 17.5 Å².